The molecular formula is C31H37N4O10+. The van der Waals surface area contributed by atoms with Gasteiger partial charge in [0.25, 0.3) is 0 Å². The van der Waals surface area contributed by atoms with Gasteiger partial charge in [0.15, 0.2) is 40.6 Å². The quantitative estimate of drug-likeness (QED) is 0.0756. The second-order valence-corrected chi connectivity index (χ2v) is 9.75. The summed E-state index contributed by atoms with van der Waals surface area (Å²) >= 11 is 0. The number of allylic oxidation sites excluding steroid dienone is 2. The Labute approximate surface area is 259 Å². The van der Waals surface area contributed by atoms with Crippen molar-refractivity contribution in [3.05, 3.63) is 59.7 Å². The lowest BCUT2D eigenvalue weighted by Crippen LogP contribution is -2.66. The molecule has 2 amide bonds. The number of methoxy groups -OCH3 is 2. The van der Waals surface area contributed by atoms with Gasteiger partial charge in [-0.05, 0) is 54.0 Å². The molecule has 0 radical (unpaired) electrons. The molecule has 0 unspecified atom stereocenters. The van der Waals surface area contributed by atoms with Crippen molar-refractivity contribution in [3.63, 3.8) is 0 Å². The van der Waals surface area contributed by atoms with Gasteiger partial charge in [-0.25, -0.2) is 9.59 Å². The Kier molecular flexibility index (Phi) is 14.1. The number of benzene rings is 2. The Morgan fingerprint density at radius 2 is 1.16 bits per heavy atom. The van der Waals surface area contributed by atoms with Crippen LogP contribution in [0.2, 0.25) is 0 Å². The second-order valence-electron chi connectivity index (χ2n) is 9.75. The van der Waals surface area contributed by atoms with E-state index in [-0.39, 0.29) is 48.7 Å². The van der Waals surface area contributed by atoms with Crippen LogP contribution in [0.3, 0.4) is 0 Å². The Morgan fingerprint density at radius 3 is 1.60 bits per heavy atom. The molecular weight excluding hydrogens is 588 g/mol. The topological polar surface area (TPSA) is 245 Å². The van der Waals surface area contributed by atoms with Crippen LogP contribution in [0, 0.1) is 0 Å². The SMILES string of the molecule is COc1cc(/C=C/C(=O)CC(=O)/C=C/c2ccc(OC(=O)[C@@H]([NH3+])CCC(N)=O)c(OC)c2)ccc1OC(=O)[C@@H](N)CCC(N)=O. The summed E-state index contributed by atoms with van der Waals surface area (Å²) in [6, 6.07) is 7.30. The summed E-state index contributed by atoms with van der Waals surface area (Å²) in [4.78, 5) is 71.1. The van der Waals surface area contributed by atoms with E-state index in [9.17, 15) is 28.8 Å². The van der Waals surface area contributed by atoms with E-state index in [2.05, 4.69) is 5.73 Å². The van der Waals surface area contributed by atoms with Gasteiger partial charge >= 0.3 is 11.9 Å². The standard InChI is InChI=1S/C31H36N4O10/c1-42-26-15-18(5-11-24(26)44-30(40)22(32)9-13-28(34)38)3-7-20(36)17-21(37)8-4-19-6-12-25(27(16-19)43-2)45-31(41)23(33)10-14-29(35)39/h3-8,11-12,15-16,22-23H,9-10,13-14,17,32-33H2,1-2H3,(H2,34,38)(H2,35,39)/p+1/b7-3+,8-4+/t22-,23-/m0/s1. The summed E-state index contributed by atoms with van der Waals surface area (Å²) in [5.74, 6) is -2.83. The van der Waals surface area contributed by atoms with Crippen molar-refractivity contribution in [2.45, 2.75) is 44.2 Å². The maximum Gasteiger partial charge on any atom is 0.370 e. The lowest BCUT2D eigenvalue weighted by molar-refractivity contribution is -0.408. The number of primary amides is 2. The summed E-state index contributed by atoms with van der Waals surface area (Å²) in [7, 11) is 2.75. The van der Waals surface area contributed by atoms with Crippen LogP contribution < -0.4 is 41.9 Å². The monoisotopic (exact) mass is 625 g/mol. The van der Waals surface area contributed by atoms with Gasteiger partial charge in [-0.2, -0.15) is 0 Å². The van der Waals surface area contributed by atoms with Crippen LogP contribution in [-0.2, 0) is 28.8 Å². The fourth-order valence-corrected chi connectivity index (χ4v) is 3.64. The van der Waals surface area contributed by atoms with Gasteiger partial charge in [-0.3, -0.25) is 19.2 Å². The minimum absolute atomic E-state index is 0.00443. The highest BCUT2D eigenvalue weighted by Crippen LogP contribution is 2.30. The molecule has 2 rings (SSSR count). The molecule has 2 aromatic rings. The maximum absolute atomic E-state index is 12.4. The molecule has 9 N–H and O–H groups in total. The zero-order valence-electron chi connectivity index (χ0n) is 25.0. The summed E-state index contributed by atoms with van der Waals surface area (Å²) in [5.41, 5.74) is 20.7. The van der Waals surface area contributed by atoms with Gasteiger partial charge < -0.3 is 41.9 Å². The Morgan fingerprint density at radius 1 is 0.711 bits per heavy atom. The highest BCUT2D eigenvalue weighted by molar-refractivity contribution is 6.10. The van der Waals surface area contributed by atoms with Crippen LogP contribution in [0.4, 0.5) is 0 Å². The largest absolute Gasteiger partial charge is 0.493 e. The number of rotatable bonds is 18. The fourth-order valence-electron chi connectivity index (χ4n) is 3.64. The summed E-state index contributed by atoms with van der Waals surface area (Å²) < 4.78 is 21.1. The zero-order valence-corrected chi connectivity index (χ0v) is 25.0. The maximum atomic E-state index is 12.4. The zero-order chi connectivity index (χ0) is 33.5. The van der Waals surface area contributed by atoms with Crippen LogP contribution in [0.15, 0.2) is 48.6 Å². The highest BCUT2D eigenvalue weighted by atomic mass is 16.6. The van der Waals surface area contributed by atoms with Gasteiger partial charge in [-0.1, -0.05) is 24.3 Å². The van der Waals surface area contributed by atoms with E-state index in [1.165, 1.54) is 56.7 Å². The number of nitrogens with two attached hydrogens (primary N) is 3. The molecule has 0 aliphatic carbocycles. The molecule has 2 aromatic carbocycles. The van der Waals surface area contributed by atoms with Crippen LogP contribution in [-0.4, -0.2) is 61.6 Å². The molecule has 0 fully saturated rings. The number of ketones is 2. The smallest absolute Gasteiger partial charge is 0.370 e. The Hall–Kier alpha value is -5.34. The van der Waals surface area contributed by atoms with Crippen molar-refractivity contribution in [3.8, 4) is 23.0 Å². The first-order chi connectivity index (χ1) is 21.3. The minimum atomic E-state index is -1.05. The van der Waals surface area contributed by atoms with Crippen molar-refractivity contribution in [2.24, 2.45) is 17.2 Å². The summed E-state index contributed by atoms with van der Waals surface area (Å²) in [6.45, 7) is 0. The number of ether oxygens (including phenoxy) is 4. The number of carbonyl (C=O) groups excluding carboxylic acids is 6. The van der Waals surface area contributed by atoms with E-state index in [4.69, 9.17) is 36.1 Å². The first-order valence-electron chi connectivity index (χ1n) is 13.7. The molecule has 240 valence electrons. The number of quaternary nitrogens is 1. The average Bonchev–Trinajstić information content (AvgIpc) is 3.00. The third-order valence-electron chi connectivity index (χ3n) is 6.15. The molecule has 0 aliphatic rings. The van der Waals surface area contributed by atoms with Crippen LogP contribution in [0.1, 0.15) is 43.2 Å². The van der Waals surface area contributed by atoms with Crippen molar-refractivity contribution in [1.82, 2.24) is 0 Å². The number of carbonyl (C=O) groups is 6. The summed E-state index contributed by atoms with van der Waals surface area (Å²) in [5, 5.41) is 0. The predicted molar refractivity (Wildman–Crippen MR) is 161 cm³/mol. The van der Waals surface area contributed by atoms with E-state index < -0.39 is 53.8 Å². The first kappa shape index (κ1) is 35.9. The predicted octanol–water partition coefficient (Wildman–Crippen LogP) is 0.238. The van der Waals surface area contributed by atoms with Crippen LogP contribution in [0.5, 0.6) is 23.0 Å². The molecule has 0 aromatic heterocycles. The van der Waals surface area contributed by atoms with E-state index in [1.807, 2.05) is 0 Å². The van der Waals surface area contributed by atoms with Gasteiger partial charge in [0.05, 0.1) is 20.6 Å². The molecule has 2 atom stereocenters. The summed E-state index contributed by atoms with van der Waals surface area (Å²) in [6.07, 6.45) is 5.13. The van der Waals surface area contributed by atoms with Crippen molar-refractivity contribution in [2.75, 3.05) is 14.2 Å². The van der Waals surface area contributed by atoms with Gasteiger partial charge in [0.1, 0.15) is 6.04 Å². The third-order valence-corrected chi connectivity index (χ3v) is 6.15. The average molecular weight is 626 g/mol. The van der Waals surface area contributed by atoms with Crippen molar-refractivity contribution >= 4 is 47.5 Å². The molecule has 0 bridgehead atoms. The van der Waals surface area contributed by atoms with Gasteiger partial charge in [-0.15, -0.1) is 0 Å². The molecule has 45 heavy (non-hydrogen) atoms. The van der Waals surface area contributed by atoms with E-state index in [0.717, 1.165) is 0 Å². The van der Waals surface area contributed by atoms with Crippen molar-refractivity contribution < 1.29 is 53.4 Å². The van der Waals surface area contributed by atoms with Gasteiger partial charge in [0.2, 0.25) is 11.8 Å². The molecule has 0 heterocycles. The second kappa shape index (κ2) is 17.7. The number of hydrogen-bond acceptors (Lipinski definition) is 11. The van der Waals surface area contributed by atoms with Crippen LogP contribution >= 0.6 is 0 Å². The van der Waals surface area contributed by atoms with Gasteiger partial charge in [0, 0.05) is 19.3 Å². The number of esters is 2. The molecule has 0 aliphatic heterocycles. The lowest BCUT2D eigenvalue weighted by Gasteiger charge is -2.13. The molecule has 0 saturated heterocycles. The fraction of sp³-hybridized carbons (Fsp3) is 0.290. The highest BCUT2D eigenvalue weighted by Gasteiger charge is 2.22. The molecule has 0 spiro atoms. The Bertz CT molecular complexity index is 1380. The normalized spacial score (nSPS) is 12.4. The van der Waals surface area contributed by atoms with E-state index >= 15 is 0 Å². The molecule has 0 saturated carbocycles. The van der Waals surface area contributed by atoms with Crippen molar-refractivity contribution in [1.29, 1.82) is 0 Å². The molecule has 14 heteroatoms. The number of amides is 2. The number of hydrogen-bond donors (Lipinski definition) is 4. The molecule has 14 nitrogen and oxygen atoms in total. The lowest BCUT2D eigenvalue weighted by atomic mass is 10.1. The van der Waals surface area contributed by atoms with E-state index in [1.54, 1.807) is 18.2 Å². The Balaban J connectivity index is 1.97. The van der Waals surface area contributed by atoms with Crippen LogP contribution in [0.25, 0.3) is 12.2 Å². The minimum Gasteiger partial charge on any atom is -0.493 e. The third kappa shape index (κ3) is 12.4. The van der Waals surface area contributed by atoms with E-state index in [0.29, 0.717) is 11.1 Å². The first-order valence-corrected chi connectivity index (χ1v) is 13.7.